The van der Waals surface area contributed by atoms with Gasteiger partial charge in [-0.15, -0.1) is 0 Å². The molecule has 0 fully saturated rings. The first-order chi connectivity index (χ1) is 8.13. The summed E-state index contributed by atoms with van der Waals surface area (Å²) in [5.41, 5.74) is 2.53. The zero-order valence-electron chi connectivity index (χ0n) is 9.89. The minimum Gasteiger partial charge on any atom is -0.388 e. The number of para-hydroxylation sites is 1. The average molecular weight is 251 g/mol. The van der Waals surface area contributed by atoms with Crippen LogP contribution >= 0.6 is 11.6 Å². The molecule has 2 aromatic rings. The monoisotopic (exact) mass is 250 g/mol. The van der Waals surface area contributed by atoms with E-state index in [1.807, 2.05) is 38.1 Å². The minimum atomic E-state index is -0.477. The Balaban J connectivity index is 2.51. The third kappa shape index (κ3) is 2.35. The second-order valence-electron chi connectivity index (χ2n) is 3.99. The highest BCUT2D eigenvalue weighted by molar-refractivity contribution is 6.31. The van der Waals surface area contributed by atoms with Crippen LogP contribution in [0.2, 0.25) is 5.02 Å². The maximum absolute atomic E-state index is 9.97. The first kappa shape index (κ1) is 12.1. The van der Waals surface area contributed by atoms with Crippen molar-refractivity contribution in [2.75, 3.05) is 0 Å². The molecular weight excluding hydrogens is 236 g/mol. The van der Waals surface area contributed by atoms with Crippen LogP contribution in [-0.4, -0.2) is 14.9 Å². The molecule has 1 heterocycles. The molecule has 0 aliphatic heterocycles. The van der Waals surface area contributed by atoms with Gasteiger partial charge in [0.15, 0.2) is 0 Å². The Hall–Kier alpha value is -1.32. The lowest BCUT2D eigenvalue weighted by atomic mass is 10.1. The summed E-state index contributed by atoms with van der Waals surface area (Å²) in [4.78, 5) is 0. The van der Waals surface area contributed by atoms with E-state index in [2.05, 4.69) is 5.10 Å². The summed E-state index contributed by atoms with van der Waals surface area (Å²) in [6.45, 7) is 3.81. The number of nitrogens with zero attached hydrogens (tertiary/aromatic N) is 2. The number of halogens is 1. The molecule has 90 valence electrons. The van der Waals surface area contributed by atoms with E-state index in [4.69, 9.17) is 11.6 Å². The molecule has 0 aliphatic carbocycles. The normalized spacial score (nSPS) is 12.7. The highest BCUT2D eigenvalue weighted by Gasteiger charge is 2.13. The van der Waals surface area contributed by atoms with Crippen LogP contribution in [0.1, 0.15) is 30.7 Å². The first-order valence-electron chi connectivity index (χ1n) is 5.62. The molecule has 1 atom stereocenters. The van der Waals surface area contributed by atoms with Gasteiger partial charge in [-0.05, 0) is 19.4 Å². The van der Waals surface area contributed by atoms with Gasteiger partial charge < -0.3 is 5.11 Å². The van der Waals surface area contributed by atoms with Crippen molar-refractivity contribution in [1.82, 2.24) is 9.78 Å². The zero-order chi connectivity index (χ0) is 12.4. The van der Waals surface area contributed by atoms with Gasteiger partial charge in [-0.3, -0.25) is 0 Å². The quantitative estimate of drug-likeness (QED) is 0.908. The minimum absolute atomic E-state index is 0.477. The van der Waals surface area contributed by atoms with Gasteiger partial charge >= 0.3 is 0 Å². The molecule has 1 N–H and O–H groups in total. The van der Waals surface area contributed by atoms with E-state index in [1.165, 1.54) is 0 Å². The molecular formula is C13H15ClN2O. The Morgan fingerprint density at radius 2 is 2.12 bits per heavy atom. The number of benzene rings is 1. The van der Waals surface area contributed by atoms with Gasteiger partial charge in [0.05, 0.1) is 22.5 Å². The van der Waals surface area contributed by atoms with Crippen LogP contribution in [0.4, 0.5) is 0 Å². The van der Waals surface area contributed by atoms with Crippen molar-refractivity contribution >= 4 is 11.6 Å². The molecule has 2 rings (SSSR count). The fourth-order valence-electron chi connectivity index (χ4n) is 1.76. The van der Waals surface area contributed by atoms with Crippen LogP contribution in [0.5, 0.6) is 0 Å². The van der Waals surface area contributed by atoms with Crippen LogP contribution < -0.4 is 0 Å². The standard InChI is InChI=1S/C13H15ClN2O/c1-3-13(17)10-6-4-5-7-12(10)16-8-11(14)9(2)15-16/h4-8,13,17H,3H2,1-2H3. The van der Waals surface area contributed by atoms with Crippen LogP contribution in [0, 0.1) is 6.92 Å². The van der Waals surface area contributed by atoms with Crippen LogP contribution in [-0.2, 0) is 0 Å². The Morgan fingerprint density at radius 3 is 2.71 bits per heavy atom. The lowest BCUT2D eigenvalue weighted by Crippen LogP contribution is -2.04. The Kier molecular flexibility index (Phi) is 3.50. The lowest BCUT2D eigenvalue weighted by Gasteiger charge is -2.13. The van der Waals surface area contributed by atoms with Gasteiger partial charge in [-0.1, -0.05) is 36.7 Å². The third-order valence-corrected chi connectivity index (χ3v) is 3.14. The SMILES string of the molecule is CCC(O)c1ccccc1-n1cc(Cl)c(C)n1. The van der Waals surface area contributed by atoms with Gasteiger partial charge in [0.1, 0.15) is 0 Å². The van der Waals surface area contributed by atoms with Crippen molar-refractivity contribution < 1.29 is 5.11 Å². The molecule has 0 saturated heterocycles. The average Bonchev–Trinajstić information content (AvgIpc) is 2.68. The molecule has 0 spiro atoms. The fraction of sp³-hybridized carbons (Fsp3) is 0.308. The van der Waals surface area contributed by atoms with Crippen LogP contribution in [0.3, 0.4) is 0 Å². The lowest BCUT2D eigenvalue weighted by molar-refractivity contribution is 0.173. The molecule has 1 aromatic heterocycles. The second-order valence-corrected chi connectivity index (χ2v) is 4.40. The largest absolute Gasteiger partial charge is 0.388 e. The van der Waals surface area contributed by atoms with Crippen molar-refractivity contribution in [2.45, 2.75) is 26.4 Å². The third-order valence-electron chi connectivity index (χ3n) is 2.77. The van der Waals surface area contributed by atoms with E-state index < -0.39 is 6.10 Å². The zero-order valence-corrected chi connectivity index (χ0v) is 10.6. The summed E-state index contributed by atoms with van der Waals surface area (Å²) in [6, 6.07) is 7.67. The Bertz CT molecular complexity index is 502. The second kappa shape index (κ2) is 4.90. The van der Waals surface area contributed by atoms with Crippen LogP contribution in [0.25, 0.3) is 5.69 Å². The van der Waals surface area contributed by atoms with Gasteiger partial charge in [0, 0.05) is 11.8 Å². The van der Waals surface area contributed by atoms with E-state index in [9.17, 15) is 5.11 Å². The van der Waals surface area contributed by atoms with E-state index in [1.54, 1.807) is 10.9 Å². The molecule has 3 nitrogen and oxygen atoms in total. The van der Waals surface area contributed by atoms with E-state index >= 15 is 0 Å². The fourth-order valence-corrected chi connectivity index (χ4v) is 1.89. The Labute approximate surface area is 106 Å². The van der Waals surface area contributed by atoms with Crippen molar-refractivity contribution in [3.63, 3.8) is 0 Å². The maximum atomic E-state index is 9.97. The maximum Gasteiger partial charge on any atom is 0.0819 e. The summed E-state index contributed by atoms with van der Waals surface area (Å²) in [7, 11) is 0. The topological polar surface area (TPSA) is 38.0 Å². The number of aromatic nitrogens is 2. The van der Waals surface area contributed by atoms with Crippen molar-refractivity contribution in [3.05, 3.63) is 46.7 Å². The molecule has 0 radical (unpaired) electrons. The predicted octanol–water partition coefficient (Wildman–Crippen LogP) is 3.28. The first-order valence-corrected chi connectivity index (χ1v) is 6.00. The van der Waals surface area contributed by atoms with Crippen molar-refractivity contribution in [2.24, 2.45) is 0 Å². The highest BCUT2D eigenvalue weighted by atomic mass is 35.5. The highest BCUT2D eigenvalue weighted by Crippen LogP contribution is 2.25. The molecule has 1 unspecified atom stereocenters. The molecule has 17 heavy (non-hydrogen) atoms. The number of rotatable bonds is 3. The van der Waals surface area contributed by atoms with E-state index in [0.29, 0.717) is 11.4 Å². The summed E-state index contributed by atoms with van der Waals surface area (Å²) in [6.07, 6.45) is 1.96. The summed E-state index contributed by atoms with van der Waals surface area (Å²) >= 11 is 6.00. The number of aliphatic hydroxyl groups is 1. The van der Waals surface area contributed by atoms with Gasteiger partial charge in [0.25, 0.3) is 0 Å². The molecule has 0 saturated carbocycles. The van der Waals surface area contributed by atoms with E-state index in [-0.39, 0.29) is 0 Å². The van der Waals surface area contributed by atoms with Gasteiger partial charge in [-0.2, -0.15) is 5.10 Å². The summed E-state index contributed by atoms with van der Waals surface area (Å²) < 4.78 is 1.71. The smallest absolute Gasteiger partial charge is 0.0819 e. The number of hydrogen-bond donors (Lipinski definition) is 1. The number of aryl methyl sites for hydroxylation is 1. The Morgan fingerprint density at radius 1 is 1.41 bits per heavy atom. The van der Waals surface area contributed by atoms with E-state index in [0.717, 1.165) is 16.9 Å². The van der Waals surface area contributed by atoms with Crippen molar-refractivity contribution in [1.29, 1.82) is 0 Å². The molecule has 0 bridgehead atoms. The summed E-state index contributed by atoms with van der Waals surface area (Å²) in [5.74, 6) is 0. The van der Waals surface area contributed by atoms with Crippen molar-refractivity contribution in [3.8, 4) is 5.69 Å². The molecule has 1 aromatic carbocycles. The molecule has 0 amide bonds. The van der Waals surface area contributed by atoms with Gasteiger partial charge in [-0.25, -0.2) is 4.68 Å². The van der Waals surface area contributed by atoms with Gasteiger partial charge in [0.2, 0.25) is 0 Å². The number of hydrogen-bond acceptors (Lipinski definition) is 2. The van der Waals surface area contributed by atoms with Crippen LogP contribution in [0.15, 0.2) is 30.5 Å². The predicted molar refractivity (Wildman–Crippen MR) is 68.6 cm³/mol. The molecule has 4 heteroatoms. The number of aliphatic hydroxyl groups excluding tert-OH is 1. The molecule has 0 aliphatic rings. The summed E-state index contributed by atoms with van der Waals surface area (Å²) in [5, 5.41) is 14.9.